The molecule has 0 amide bonds. The van der Waals surface area contributed by atoms with Crippen LogP contribution in [0.1, 0.15) is 11.3 Å². The van der Waals surface area contributed by atoms with Crippen molar-refractivity contribution in [3.05, 3.63) is 65.9 Å². The van der Waals surface area contributed by atoms with Gasteiger partial charge in [-0.25, -0.2) is 8.42 Å². The van der Waals surface area contributed by atoms with Gasteiger partial charge >= 0.3 is 0 Å². The molecular weight excluding hydrogens is 388 g/mol. The smallest absolute Gasteiger partial charge is 0.243 e. The summed E-state index contributed by atoms with van der Waals surface area (Å²) in [5, 5.41) is 9.48. The van der Waals surface area contributed by atoms with Gasteiger partial charge in [0.2, 0.25) is 27.5 Å². The van der Waals surface area contributed by atoms with Crippen molar-refractivity contribution in [1.29, 1.82) is 5.26 Å². The summed E-state index contributed by atoms with van der Waals surface area (Å²) in [4.78, 5) is 6.48. The molecule has 0 unspecified atom stereocenters. The van der Waals surface area contributed by atoms with Crippen LogP contribution in [-0.2, 0) is 10.0 Å². The highest BCUT2D eigenvalue weighted by Crippen LogP contribution is 2.29. The summed E-state index contributed by atoms with van der Waals surface area (Å²) in [6.07, 6.45) is 0. The van der Waals surface area contributed by atoms with Crippen molar-refractivity contribution in [2.24, 2.45) is 0 Å². The number of rotatable bonds is 4. The maximum absolute atomic E-state index is 12.8. The number of aryl methyl sites for hydroxylation is 1. The highest BCUT2D eigenvalue weighted by Gasteiger charge is 2.31. The van der Waals surface area contributed by atoms with E-state index in [4.69, 9.17) is 4.42 Å². The summed E-state index contributed by atoms with van der Waals surface area (Å²) in [7, 11) is -3.53. The number of anilines is 1. The molecule has 1 saturated heterocycles. The van der Waals surface area contributed by atoms with Crippen molar-refractivity contribution in [3.63, 3.8) is 0 Å². The number of hydrogen-bond donors (Lipinski definition) is 0. The number of benzene rings is 2. The largest absolute Gasteiger partial charge is 0.419 e. The van der Waals surface area contributed by atoms with E-state index in [1.54, 1.807) is 30.3 Å². The van der Waals surface area contributed by atoms with Gasteiger partial charge in [-0.1, -0.05) is 35.9 Å². The summed E-state index contributed by atoms with van der Waals surface area (Å²) >= 11 is 0. The average molecular weight is 408 g/mol. The zero-order valence-electron chi connectivity index (χ0n) is 15.9. The standard InChI is InChI=1S/C21H20N4O3S/c1-16-7-9-17(10-8-16)20-23-19(15-22)21(28-20)24-11-13-25(14-12-24)29(26,27)18-5-3-2-4-6-18/h2-10H,11-14H2,1H3. The topological polar surface area (TPSA) is 90.4 Å². The van der Waals surface area contributed by atoms with Gasteiger partial charge in [-0.15, -0.1) is 0 Å². The molecule has 0 atom stereocenters. The van der Waals surface area contributed by atoms with E-state index in [1.165, 1.54) is 4.31 Å². The second-order valence-electron chi connectivity index (χ2n) is 6.85. The fraction of sp³-hybridized carbons (Fsp3) is 0.238. The van der Waals surface area contributed by atoms with Gasteiger partial charge in [-0.05, 0) is 31.2 Å². The van der Waals surface area contributed by atoms with E-state index >= 15 is 0 Å². The van der Waals surface area contributed by atoms with Gasteiger partial charge in [0.15, 0.2) is 0 Å². The molecule has 7 nitrogen and oxygen atoms in total. The quantitative estimate of drug-likeness (QED) is 0.659. The minimum Gasteiger partial charge on any atom is -0.419 e. The molecule has 1 fully saturated rings. The Morgan fingerprint density at radius 3 is 2.28 bits per heavy atom. The monoisotopic (exact) mass is 408 g/mol. The average Bonchev–Trinajstić information content (AvgIpc) is 3.19. The summed E-state index contributed by atoms with van der Waals surface area (Å²) in [5.41, 5.74) is 2.13. The minimum atomic E-state index is -3.53. The Hall–Kier alpha value is -3.15. The third-order valence-corrected chi connectivity index (χ3v) is 6.83. The van der Waals surface area contributed by atoms with E-state index in [-0.39, 0.29) is 10.6 Å². The van der Waals surface area contributed by atoms with Crippen LogP contribution in [0.2, 0.25) is 0 Å². The number of sulfonamides is 1. The van der Waals surface area contributed by atoms with Crippen LogP contribution in [0.5, 0.6) is 0 Å². The van der Waals surface area contributed by atoms with E-state index in [9.17, 15) is 13.7 Å². The van der Waals surface area contributed by atoms with Crippen molar-refractivity contribution in [1.82, 2.24) is 9.29 Å². The molecular formula is C21H20N4O3S. The number of hydrogen-bond acceptors (Lipinski definition) is 6. The Morgan fingerprint density at radius 2 is 1.66 bits per heavy atom. The molecule has 1 aliphatic heterocycles. The lowest BCUT2D eigenvalue weighted by molar-refractivity contribution is 0.374. The predicted molar refractivity (Wildman–Crippen MR) is 109 cm³/mol. The molecule has 2 heterocycles. The first-order chi connectivity index (χ1) is 14.0. The number of nitriles is 1. The van der Waals surface area contributed by atoms with Gasteiger partial charge < -0.3 is 9.32 Å². The molecule has 1 aliphatic rings. The summed E-state index contributed by atoms with van der Waals surface area (Å²) < 4.78 is 32.9. The first-order valence-electron chi connectivity index (χ1n) is 9.27. The maximum atomic E-state index is 12.8. The molecule has 1 aromatic heterocycles. The van der Waals surface area contributed by atoms with Crippen molar-refractivity contribution in [2.75, 3.05) is 31.1 Å². The van der Waals surface area contributed by atoms with Crippen LogP contribution in [0.15, 0.2) is 63.9 Å². The van der Waals surface area contributed by atoms with Crippen LogP contribution in [0.4, 0.5) is 5.88 Å². The normalized spacial score (nSPS) is 15.2. The maximum Gasteiger partial charge on any atom is 0.243 e. The van der Waals surface area contributed by atoms with E-state index in [2.05, 4.69) is 11.1 Å². The molecule has 0 spiro atoms. The van der Waals surface area contributed by atoms with E-state index < -0.39 is 10.0 Å². The number of piperazine rings is 1. The Labute approximate surface area is 169 Å². The SMILES string of the molecule is Cc1ccc(-c2nc(C#N)c(N3CCN(S(=O)(=O)c4ccccc4)CC3)o2)cc1. The third kappa shape index (κ3) is 3.75. The molecule has 0 N–H and O–H groups in total. The lowest BCUT2D eigenvalue weighted by Crippen LogP contribution is -2.48. The fourth-order valence-electron chi connectivity index (χ4n) is 3.29. The fourth-order valence-corrected chi connectivity index (χ4v) is 4.74. The van der Waals surface area contributed by atoms with E-state index in [0.29, 0.717) is 38.0 Å². The zero-order chi connectivity index (χ0) is 20.4. The van der Waals surface area contributed by atoms with Gasteiger partial charge in [-0.2, -0.15) is 14.6 Å². The van der Waals surface area contributed by atoms with Crippen LogP contribution in [0.3, 0.4) is 0 Å². The van der Waals surface area contributed by atoms with Crippen molar-refractivity contribution in [3.8, 4) is 17.5 Å². The van der Waals surface area contributed by atoms with E-state index in [0.717, 1.165) is 11.1 Å². The summed E-state index contributed by atoms with van der Waals surface area (Å²) in [6, 6.07) is 18.2. The van der Waals surface area contributed by atoms with Crippen LogP contribution < -0.4 is 4.90 Å². The van der Waals surface area contributed by atoms with Gasteiger partial charge in [0.05, 0.1) is 4.90 Å². The number of aromatic nitrogens is 1. The van der Waals surface area contributed by atoms with Crippen molar-refractivity contribution >= 4 is 15.9 Å². The van der Waals surface area contributed by atoms with Crippen LogP contribution in [0, 0.1) is 18.3 Å². The number of oxazole rings is 1. The first-order valence-corrected chi connectivity index (χ1v) is 10.7. The summed E-state index contributed by atoms with van der Waals surface area (Å²) in [6.45, 7) is 3.45. The van der Waals surface area contributed by atoms with Gasteiger partial charge in [0, 0.05) is 31.7 Å². The van der Waals surface area contributed by atoms with E-state index in [1.807, 2.05) is 36.1 Å². The molecule has 0 aliphatic carbocycles. The highest BCUT2D eigenvalue weighted by atomic mass is 32.2. The second kappa shape index (κ2) is 7.70. The Bertz CT molecular complexity index is 1140. The first kappa shape index (κ1) is 19.2. The predicted octanol–water partition coefficient (Wildman–Crippen LogP) is 3.03. The lowest BCUT2D eigenvalue weighted by atomic mass is 10.1. The third-order valence-electron chi connectivity index (χ3n) is 4.92. The highest BCUT2D eigenvalue weighted by molar-refractivity contribution is 7.89. The molecule has 0 radical (unpaired) electrons. The van der Waals surface area contributed by atoms with Gasteiger partial charge in [-0.3, -0.25) is 0 Å². The van der Waals surface area contributed by atoms with Gasteiger partial charge in [0.25, 0.3) is 0 Å². The zero-order valence-corrected chi connectivity index (χ0v) is 16.8. The lowest BCUT2D eigenvalue weighted by Gasteiger charge is -2.33. The molecule has 29 heavy (non-hydrogen) atoms. The molecule has 3 aromatic rings. The molecule has 8 heteroatoms. The number of nitrogens with zero attached hydrogens (tertiary/aromatic N) is 4. The van der Waals surface area contributed by atoms with Crippen molar-refractivity contribution in [2.45, 2.75) is 11.8 Å². The Morgan fingerprint density at radius 1 is 1.00 bits per heavy atom. The van der Waals surface area contributed by atoms with Crippen LogP contribution in [0.25, 0.3) is 11.5 Å². The Kier molecular flexibility index (Phi) is 5.09. The molecule has 4 rings (SSSR count). The summed E-state index contributed by atoms with van der Waals surface area (Å²) in [5.74, 6) is 0.774. The van der Waals surface area contributed by atoms with Crippen molar-refractivity contribution < 1.29 is 12.8 Å². The molecule has 148 valence electrons. The molecule has 2 aromatic carbocycles. The van der Waals surface area contributed by atoms with Gasteiger partial charge in [0.1, 0.15) is 6.07 Å². The Balaban J connectivity index is 1.53. The minimum absolute atomic E-state index is 0.208. The molecule has 0 bridgehead atoms. The molecule has 0 saturated carbocycles. The van der Waals surface area contributed by atoms with Crippen LogP contribution >= 0.6 is 0 Å². The van der Waals surface area contributed by atoms with Crippen LogP contribution in [-0.4, -0.2) is 43.9 Å². The second-order valence-corrected chi connectivity index (χ2v) is 8.79.